The number of carbonyl (C=O) groups is 1. The maximum atomic E-state index is 14.0. The fraction of sp³-hybridized carbons (Fsp3) is 0.0811. The molecule has 2 aromatic heterocycles. The van der Waals surface area contributed by atoms with Gasteiger partial charge in [0.15, 0.2) is 4.32 Å². The molecule has 0 saturated carbocycles. The van der Waals surface area contributed by atoms with Crippen molar-refractivity contribution < 1.29 is 9.53 Å². The zero-order valence-electron chi connectivity index (χ0n) is 26.2. The lowest BCUT2D eigenvalue weighted by Crippen LogP contribution is -2.33. The molecular weight excluding hydrogens is 697 g/mol. The Balaban J connectivity index is 1.22. The van der Waals surface area contributed by atoms with Crippen molar-refractivity contribution >= 4 is 69.2 Å². The van der Waals surface area contributed by atoms with Gasteiger partial charge in [-0.2, -0.15) is 5.10 Å². The molecule has 244 valence electrons. The summed E-state index contributed by atoms with van der Waals surface area (Å²) in [4.78, 5) is 29.5. The Kier molecular flexibility index (Phi) is 9.04. The van der Waals surface area contributed by atoms with Gasteiger partial charge in [0, 0.05) is 40.0 Å². The smallest absolute Gasteiger partial charge is 0.296 e. The highest BCUT2D eigenvalue weighted by molar-refractivity contribution is 8.27. The molecule has 0 bridgehead atoms. The fourth-order valence-electron chi connectivity index (χ4n) is 5.55. The standard InChI is InChI=1S/C37H27Cl2N5O3S2/c1-23-34(36(46)44(41(23)2)29-11-7-4-8-12-29)43-35(45)32(49-37(43)48)19-26-21-42(28-9-5-3-6-10-28)40-33(26)24-14-17-30(18-15-24)47-22-25-13-16-27(38)20-31(25)39/h3-21H,22H2,1-2H3/b32-19+. The lowest BCUT2D eigenvalue weighted by molar-refractivity contribution is -0.113. The third-order valence-corrected chi connectivity index (χ3v) is 10.0. The van der Waals surface area contributed by atoms with Gasteiger partial charge in [0.25, 0.3) is 11.5 Å². The van der Waals surface area contributed by atoms with Gasteiger partial charge in [0.05, 0.1) is 27.7 Å². The van der Waals surface area contributed by atoms with Gasteiger partial charge in [-0.25, -0.2) is 9.36 Å². The predicted octanol–water partition coefficient (Wildman–Crippen LogP) is 8.63. The summed E-state index contributed by atoms with van der Waals surface area (Å²) in [5, 5.41) is 6.01. The van der Waals surface area contributed by atoms with E-state index in [4.69, 9.17) is 45.3 Å². The lowest BCUT2D eigenvalue weighted by Gasteiger charge is -2.12. The van der Waals surface area contributed by atoms with E-state index in [1.807, 2.05) is 97.2 Å². The van der Waals surface area contributed by atoms with E-state index < -0.39 is 0 Å². The fourth-order valence-corrected chi connectivity index (χ4v) is 7.28. The topological polar surface area (TPSA) is 74.3 Å². The number of amides is 1. The van der Waals surface area contributed by atoms with E-state index in [9.17, 15) is 9.59 Å². The van der Waals surface area contributed by atoms with Crippen LogP contribution in [-0.2, 0) is 18.4 Å². The minimum atomic E-state index is -0.371. The molecule has 1 aliphatic heterocycles. The van der Waals surface area contributed by atoms with Crippen molar-refractivity contribution in [2.45, 2.75) is 13.5 Å². The second-order valence-electron chi connectivity index (χ2n) is 11.2. The van der Waals surface area contributed by atoms with E-state index in [2.05, 4.69) is 0 Å². The summed E-state index contributed by atoms with van der Waals surface area (Å²) in [6.07, 6.45) is 3.66. The average Bonchev–Trinajstić information content (AvgIpc) is 3.72. The molecule has 0 radical (unpaired) electrons. The van der Waals surface area contributed by atoms with Crippen LogP contribution >= 0.6 is 47.2 Å². The normalized spacial score (nSPS) is 13.9. The Bertz CT molecular complexity index is 2310. The first-order chi connectivity index (χ1) is 23.7. The lowest BCUT2D eigenvalue weighted by atomic mass is 10.1. The van der Waals surface area contributed by atoms with Crippen LogP contribution in [0.1, 0.15) is 16.8 Å². The van der Waals surface area contributed by atoms with Gasteiger partial charge < -0.3 is 4.74 Å². The van der Waals surface area contributed by atoms with Crippen LogP contribution in [0.4, 0.5) is 5.69 Å². The number of anilines is 1. The summed E-state index contributed by atoms with van der Waals surface area (Å²) in [6, 6.07) is 31.8. The zero-order chi connectivity index (χ0) is 34.2. The first-order valence-electron chi connectivity index (χ1n) is 15.1. The monoisotopic (exact) mass is 723 g/mol. The van der Waals surface area contributed by atoms with Gasteiger partial charge in [-0.15, -0.1) is 0 Å². The molecule has 0 spiro atoms. The number of rotatable bonds is 8. The molecule has 0 atom stereocenters. The van der Waals surface area contributed by atoms with Crippen LogP contribution in [0.2, 0.25) is 10.0 Å². The molecule has 7 rings (SSSR count). The van der Waals surface area contributed by atoms with E-state index in [-0.39, 0.29) is 28.1 Å². The summed E-state index contributed by atoms with van der Waals surface area (Å²) in [5.74, 6) is 0.281. The summed E-state index contributed by atoms with van der Waals surface area (Å²) in [6.45, 7) is 2.08. The number of nitrogens with zero attached hydrogens (tertiary/aromatic N) is 5. The third kappa shape index (κ3) is 6.36. The second kappa shape index (κ2) is 13.6. The summed E-state index contributed by atoms with van der Waals surface area (Å²) in [7, 11) is 1.79. The predicted molar refractivity (Wildman–Crippen MR) is 201 cm³/mol. The highest BCUT2D eigenvalue weighted by Gasteiger charge is 2.38. The minimum Gasteiger partial charge on any atom is -0.489 e. The summed E-state index contributed by atoms with van der Waals surface area (Å²) in [5.41, 5.74) is 5.06. The quantitative estimate of drug-likeness (QED) is 0.116. The molecule has 0 aliphatic carbocycles. The molecule has 49 heavy (non-hydrogen) atoms. The Morgan fingerprint density at radius 3 is 2.24 bits per heavy atom. The van der Waals surface area contributed by atoms with Gasteiger partial charge in [-0.05, 0) is 73.7 Å². The zero-order valence-corrected chi connectivity index (χ0v) is 29.4. The number of thioether (sulfide) groups is 1. The highest BCUT2D eigenvalue weighted by atomic mass is 35.5. The summed E-state index contributed by atoms with van der Waals surface area (Å²) < 4.78 is 11.3. The molecule has 1 fully saturated rings. The molecule has 0 unspecified atom stereocenters. The van der Waals surface area contributed by atoms with Crippen molar-refractivity contribution in [1.29, 1.82) is 0 Å². The molecule has 1 saturated heterocycles. The van der Waals surface area contributed by atoms with Gasteiger partial charge in [-0.3, -0.25) is 19.2 Å². The Morgan fingerprint density at radius 1 is 0.898 bits per heavy atom. The molecule has 6 aromatic rings. The van der Waals surface area contributed by atoms with Gasteiger partial charge in [0.1, 0.15) is 18.0 Å². The number of aromatic nitrogens is 4. The maximum absolute atomic E-state index is 14.0. The van der Waals surface area contributed by atoms with Crippen LogP contribution in [0.15, 0.2) is 119 Å². The first-order valence-corrected chi connectivity index (χ1v) is 17.1. The summed E-state index contributed by atoms with van der Waals surface area (Å²) >= 11 is 19.2. The molecule has 3 heterocycles. The molecule has 4 aromatic carbocycles. The number of thiocarbonyl (C=S) groups is 1. The van der Waals surface area contributed by atoms with Crippen molar-refractivity contribution in [3.8, 4) is 28.4 Å². The van der Waals surface area contributed by atoms with Crippen molar-refractivity contribution in [3.63, 3.8) is 0 Å². The van der Waals surface area contributed by atoms with Crippen LogP contribution in [0.3, 0.4) is 0 Å². The SMILES string of the molecule is Cc1c(N2C(=O)/C(=C\c3cn(-c4ccccc4)nc3-c3ccc(OCc4ccc(Cl)cc4Cl)cc3)SC2=S)c(=O)n(-c2ccccc2)n1C. The maximum Gasteiger partial charge on any atom is 0.296 e. The van der Waals surface area contributed by atoms with Crippen molar-refractivity contribution in [1.82, 2.24) is 19.1 Å². The van der Waals surface area contributed by atoms with Crippen molar-refractivity contribution in [3.05, 3.63) is 151 Å². The van der Waals surface area contributed by atoms with Gasteiger partial charge >= 0.3 is 0 Å². The number of hydrogen-bond donors (Lipinski definition) is 0. The van der Waals surface area contributed by atoms with Crippen LogP contribution in [0.25, 0.3) is 28.7 Å². The van der Waals surface area contributed by atoms with Gasteiger partial charge in [-0.1, -0.05) is 89.6 Å². The number of benzene rings is 4. The Hall–Kier alpha value is -4.87. The van der Waals surface area contributed by atoms with Crippen LogP contribution < -0.4 is 15.2 Å². The molecule has 8 nitrogen and oxygen atoms in total. The molecular formula is C37H27Cl2N5O3S2. The molecule has 1 aliphatic rings. The number of hydrogen-bond acceptors (Lipinski definition) is 6. The largest absolute Gasteiger partial charge is 0.489 e. The van der Waals surface area contributed by atoms with Gasteiger partial charge in [0.2, 0.25) is 0 Å². The third-order valence-electron chi connectivity index (χ3n) is 8.13. The molecule has 1 amide bonds. The molecule has 0 N–H and O–H groups in total. The number of halogens is 2. The minimum absolute atomic E-state index is 0.230. The number of carbonyl (C=O) groups excluding carboxylic acids is 1. The molecule has 12 heteroatoms. The van der Waals surface area contributed by atoms with E-state index in [1.165, 1.54) is 9.58 Å². The van der Waals surface area contributed by atoms with E-state index in [0.717, 1.165) is 28.6 Å². The second-order valence-corrected chi connectivity index (χ2v) is 13.7. The average molecular weight is 725 g/mol. The first kappa shape index (κ1) is 32.7. The Morgan fingerprint density at radius 2 is 1.57 bits per heavy atom. The highest BCUT2D eigenvalue weighted by Crippen LogP contribution is 2.38. The van der Waals surface area contributed by atoms with E-state index in [0.29, 0.717) is 43.3 Å². The number of ether oxygens (including phenoxy) is 1. The number of para-hydroxylation sites is 2. The van der Waals surface area contributed by atoms with E-state index in [1.54, 1.807) is 41.5 Å². The van der Waals surface area contributed by atoms with Crippen LogP contribution in [0.5, 0.6) is 5.75 Å². The van der Waals surface area contributed by atoms with Crippen LogP contribution in [-0.4, -0.2) is 29.4 Å². The Labute approximate surface area is 301 Å². The van der Waals surface area contributed by atoms with E-state index >= 15 is 0 Å². The van der Waals surface area contributed by atoms with Crippen LogP contribution in [0, 0.1) is 6.92 Å². The van der Waals surface area contributed by atoms with Crippen molar-refractivity contribution in [2.75, 3.05) is 4.90 Å². The van der Waals surface area contributed by atoms with Crippen molar-refractivity contribution in [2.24, 2.45) is 7.05 Å².